The molecule has 48 valence electrons. The van der Waals surface area contributed by atoms with Crippen LogP contribution in [0.1, 0.15) is 5.69 Å². The average Bonchev–Trinajstić information content (AvgIpc) is 1.83. The van der Waals surface area contributed by atoms with Crippen molar-refractivity contribution in [3.05, 3.63) is 17.2 Å². The van der Waals surface area contributed by atoms with E-state index in [4.69, 9.17) is 11.6 Å². The lowest BCUT2D eigenvalue weighted by molar-refractivity contribution is 1.03. The summed E-state index contributed by atoms with van der Waals surface area (Å²) in [4.78, 5) is 8.24. The minimum Gasteiger partial charge on any atom is -0.240 e. The van der Waals surface area contributed by atoms with Gasteiger partial charge in [-0.15, -0.1) is 12.6 Å². The number of aryl methyl sites for hydroxylation is 1. The zero-order chi connectivity index (χ0) is 6.85. The van der Waals surface area contributed by atoms with Crippen molar-refractivity contribution >= 4 is 24.2 Å². The maximum Gasteiger partial charge on any atom is 0.145 e. The van der Waals surface area contributed by atoms with Crippen LogP contribution in [0.5, 0.6) is 0 Å². The highest BCUT2D eigenvalue weighted by Crippen LogP contribution is 2.17. The standard InChI is InChI=1S/C5H5ClN2S/c1-3-4(9)5(6)8-2-7-3/h2,9H,1H3. The van der Waals surface area contributed by atoms with Gasteiger partial charge in [-0.3, -0.25) is 0 Å². The molecule has 0 aliphatic rings. The summed E-state index contributed by atoms with van der Waals surface area (Å²) in [7, 11) is 0. The van der Waals surface area contributed by atoms with Gasteiger partial charge < -0.3 is 0 Å². The first-order chi connectivity index (χ1) is 4.22. The quantitative estimate of drug-likeness (QED) is 0.462. The molecule has 0 bridgehead atoms. The molecule has 1 heterocycles. The van der Waals surface area contributed by atoms with Gasteiger partial charge in [-0.25, -0.2) is 9.97 Å². The van der Waals surface area contributed by atoms with Crippen LogP contribution in [0.25, 0.3) is 0 Å². The van der Waals surface area contributed by atoms with E-state index in [-0.39, 0.29) is 0 Å². The van der Waals surface area contributed by atoms with Gasteiger partial charge in [0, 0.05) is 0 Å². The largest absolute Gasteiger partial charge is 0.240 e. The average molecular weight is 161 g/mol. The lowest BCUT2D eigenvalue weighted by Crippen LogP contribution is -1.85. The summed E-state index contributed by atoms with van der Waals surface area (Å²) in [6.07, 6.45) is 1.41. The number of rotatable bonds is 0. The third kappa shape index (κ3) is 1.34. The van der Waals surface area contributed by atoms with Crippen LogP contribution in [-0.4, -0.2) is 9.97 Å². The summed E-state index contributed by atoms with van der Waals surface area (Å²) in [5, 5.41) is 0.408. The number of nitrogens with zero attached hydrogens (tertiary/aromatic N) is 2. The molecule has 1 aromatic rings. The van der Waals surface area contributed by atoms with Crippen molar-refractivity contribution in [3.63, 3.8) is 0 Å². The molecule has 0 amide bonds. The van der Waals surface area contributed by atoms with Crippen LogP contribution in [0.4, 0.5) is 0 Å². The lowest BCUT2D eigenvalue weighted by Gasteiger charge is -1.95. The number of hydrogen-bond acceptors (Lipinski definition) is 3. The predicted octanol–water partition coefficient (Wildman–Crippen LogP) is 1.73. The molecule has 0 spiro atoms. The van der Waals surface area contributed by atoms with Gasteiger partial charge in [-0.2, -0.15) is 0 Å². The fourth-order valence-electron chi connectivity index (χ4n) is 0.438. The highest BCUT2D eigenvalue weighted by molar-refractivity contribution is 7.80. The number of hydrogen-bond donors (Lipinski definition) is 1. The summed E-state index contributed by atoms with van der Waals surface area (Å²) in [6.45, 7) is 1.83. The highest BCUT2D eigenvalue weighted by atomic mass is 35.5. The maximum absolute atomic E-state index is 5.59. The molecule has 1 rings (SSSR count). The molecule has 0 atom stereocenters. The van der Waals surface area contributed by atoms with E-state index in [1.807, 2.05) is 6.92 Å². The Hall–Kier alpha value is -0.280. The Bertz CT molecular complexity index is 206. The highest BCUT2D eigenvalue weighted by Gasteiger charge is 1.98. The molecule has 0 aliphatic carbocycles. The van der Waals surface area contributed by atoms with Crippen LogP contribution in [0, 0.1) is 6.92 Å². The topological polar surface area (TPSA) is 25.8 Å². The minimum absolute atomic E-state index is 0.408. The van der Waals surface area contributed by atoms with E-state index in [1.54, 1.807) is 0 Å². The second-order valence-corrected chi connectivity index (χ2v) is 2.40. The van der Waals surface area contributed by atoms with Gasteiger partial charge >= 0.3 is 0 Å². The van der Waals surface area contributed by atoms with Crippen molar-refractivity contribution in [2.24, 2.45) is 0 Å². The molecule has 4 heteroatoms. The van der Waals surface area contributed by atoms with Gasteiger partial charge in [0.05, 0.1) is 10.6 Å². The van der Waals surface area contributed by atoms with E-state index in [0.717, 1.165) is 5.69 Å². The van der Waals surface area contributed by atoms with Gasteiger partial charge in [-0.05, 0) is 6.92 Å². The molecular weight excluding hydrogens is 156 g/mol. The van der Waals surface area contributed by atoms with Crippen molar-refractivity contribution in [2.45, 2.75) is 11.8 Å². The Balaban J connectivity index is 3.25. The summed E-state index contributed by atoms with van der Waals surface area (Å²) >= 11 is 9.64. The predicted molar refractivity (Wildman–Crippen MR) is 39.0 cm³/mol. The van der Waals surface area contributed by atoms with Crippen LogP contribution in [0.3, 0.4) is 0 Å². The van der Waals surface area contributed by atoms with E-state index < -0.39 is 0 Å². The monoisotopic (exact) mass is 160 g/mol. The summed E-state index contributed by atoms with van der Waals surface area (Å²) < 4.78 is 0. The molecule has 2 nitrogen and oxygen atoms in total. The van der Waals surface area contributed by atoms with Gasteiger partial charge in [0.1, 0.15) is 11.5 Å². The zero-order valence-electron chi connectivity index (χ0n) is 4.80. The second-order valence-electron chi connectivity index (χ2n) is 1.60. The van der Waals surface area contributed by atoms with Crippen LogP contribution < -0.4 is 0 Å². The fourth-order valence-corrected chi connectivity index (χ4v) is 0.734. The SMILES string of the molecule is Cc1ncnc(Cl)c1S. The normalized spacial score (nSPS) is 9.67. The van der Waals surface area contributed by atoms with Crippen molar-refractivity contribution in [1.82, 2.24) is 9.97 Å². The molecule has 0 saturated heterocycles. The van der Waals surface area contributed by atoms with Crippen LogP contribution >= 0.6 is 24.2 Å². The molecule has 0 saturated carbocycles. The van der Waals surface area contributed by atoms with E-state index in [1.165, 1.54) is 6.33 Å². The van der Waals surface area contributed by atoms with Gasteiger partial charge in [0.2, 0.25) is 0 Å². The van der Waals surface area contributed by atoms with Crippen LogP contribution in [0.2, 0.25) is 5.15 Å². The molecule has 0 radical (unpaired) electrons. The van der Waals surface area contributed by atoms with Crippen molar-refractivity contribution in [2.75, 3.05) is 0 Å². The summed E-state index contributed by atoms with van der Waals surface area (Å²) in [6, 6.07) is 0. The fraction of sp³-hybridized carbons (Fsp3) is 0.200. The number of aromatic nitrogens is 2. The minimum atomic E-state index is 0.408. The smallest absolute Gasteiger partial charge is 0.145 e. The molecule has 1 aromatic heterocycles. The van der Waals surface area contributed by atoms with E-state index in [2.05, 4.69) is 22.6 Å². The molecule has 9 heavy (non-hydrogen) atoms. The third-order valence-corrected chi connectivity index (χ3v) is 1.91. The Morgan fingerprint density at radius 1 is 1.56 bits per heavy atom. The van der Waals surface area contributed by atoms with Crippen LogP contribution in [-0.2, 0) is 0 Å². The van der Waals surface area contributed by atoms with Crippen molar-refractivity contribution in [3.8, 4) is 0 Å². The summed E-state index contributed by atoms with van der Waals surface area (Å²) in [5.74, 6) is 0. The van der Waals surface area contributed by atoms with Crippen molar-refractivity contribution < 1.29 is 0 Å². The van der Waals surface area contributed by atoms with Gasteiger partial charge in [0.15, 0.2) is 0 Å². The Kier molecular flexibility index (Phi) is 1.93. The molecule has 0 aromatic carbocycles. The van der Waals surface area contributed by atoms with E-state index in [0.29, 0.717) is 10.0 Å². The first-order valence-electron chi connectivity index (χ1n) is 2.38. The molecular formula is C5H5ClN2S. The molecule has 0 aliphatic heterocycles. The Morgan fingerprint density at radius 3 is 2.67 bits per heavy atom. The second kappa shape index (κ2) is 2.54. The summed E-state index contributed by atoms with van der Waals surface area (Å²) in [5.41, 5.74) is 0.804. The number of thiol groups is 1. The molecule has 0 unspecified atom stereocenters. The third-order valence-electron chi connectivity index (χ3n) is 0.961. The van der Waals surface area contributed by atoms with E-state index in [9.17, 15) is 0 Å². The molecule has 0 N–H and O–H groups in total. The van der Waals surface area contributed by atoms with Gasteiger partial charge in [-0.1, -0.05) is 11.6 Å². The first kappa shape index (κ1) is 6.83. The first-order valence-corrected chi connectivity index (χ1v) is 3.20. The van der Waals surface area contributed by atoms with Crippen molar-refractivity contribution in [1.29, 1.82) is 0 Å². The van der Waals surface area contributed by atoms with Crippen LogP contribution in [0.15, 0.2) is 11.2 Å². The Labute approximate surface area is 63.7 Å². The number of halogens is 1. The maximum atomic E-state index is 5.59. The lowest BCUT2D eigenvalue weighted by atomic mass is 10.5. The van der Waals surface area contributed by atoms with Gasteiger partial charge in [0.25, 0.3) is 0 Å². The van der Waals surface area contributed by atoms with E-state index >= 15 is 0 Å². The Morgan fingerprint density at radius 2 is 2.22 bits per heavy atom. The molecule has 0 fully saturated rings. The zero-order valence-corrected chi connectivity index (χ0v) is 6.45.